The van der Waals surface area contributed by atoms with Crippen LogP contribution in [0.1, 0.15) is 28.5 Å². The molecule has 2 aromatic heterocycles. The maximum Gasteiger partial charge on any atom is 0.251 e. The van der Waals surface area contributed by atoms with E-state index in [1.54, 1.807) is 18.6 Å². The summed E-state index contributed by atoms with van der Waals surface area (Å²) in [6.45, 7) is 1.62. The normalized spacial score (nSPS) is 10.9. The monoisotopic (exact) mass is 449 g/mol. The van der Waals surface area contributed by atoms with Gasteiger partial charge in [-0.1, -0.05) is 12.1 Å². The molecule has 0 atom stereocenters. The Morgan fingerprint density at radius 2 is 1.82 bits per heavy atom. The molecule has 168 valence electrons. The van der Waals surface area contributed by atoms with Gasteiger partial charge in [0.1, 0.15) is 11.6 Å². The molecule has 0 aliphatic heterocycles. The average molecular weight is 449 g/mol. The van der Waals surface area contributed by atoms with Gasteiger partial charge in [0.25, 0.3) is 5.91 Å². The standard InChI is InChI=1S/C24H21F2N5O2/c1-15(32)30-22-12-16(24(33)28-13-18-19(25)6-4-7-20(18)26)11-21-23(22)31(14-29-21)10-8-17-5-2-3-9-27-17/h2-7,9,11-12,14H,8,10,13H2,1H3,(H,28,33)(H,30,32). The van der Waals surface area contributed by atoms with Crippen molar-refractivity contribution in [3.63, 3.8) is 0 Å². The largest absolute Gasteiger partial charge is 0.348 e. The van der Waals surface area contributed by atoms with Gasteiger partial charge in [-0.2, -0.15) is 0 Å². The Bertz CT molecular complexity index is 1300. The van der Waals surface area contributed by atoms with Crippen molar-refractivity contribution in [1.82, 2.24) is 19.9 Å². The lowest BCUT2D eigenvalue weighted by Crippen LogP contribution is -2.24. The number of imidazole rings is 1. The van der Waals surface area contributed by atoms with Crippen molar-refractivity contribution in [1.29, 1.82) is 0 Å². The van der Waals surface area contributed by atoms with Gasteiger partial charge in [0, 0.05) is 49.5 Å². The fraction of sp³-hybridized carbons (Fsp3) is 0.167. The molecule has 2 aromatic carbocycles. The zero-order valence-electron chi connectivity index (χ0n) is 17.8. The summed E-state index contributed by atoms with van der Waals surface area (Å²) in [4.78, 5) is 33.2. The predicted molar refractivity (Wildman–Crippen MR) is 120 cm³/mol. The minimum absolute atomic E-state index is 0.206. The summed E-state index contributed by atoms with van der Waals surface area (Å²) in [6, 6.07) is 12.3. The van der Waals surface area contributed by atoms with Crippen LogP contribution in [-0.2, 0) is 24.3 Å². The van der Waals surface area contributed by atoms with Crippen molar-refractivity contribution < 1.29 is 18.4 Å². The zero-order valence-corrected chi connectivity index (χ0v) is 17.8. The summed E-state index contributed by atoms with van der Waals surface area (Å²) in [5.41, 5.74) is 2.48. The Morgan fingerprint density at radius 1 is 1.03 bits per heavy atom. The quantitative estimate of drug-likeness (QED) is 0.449. The molecular formula is C24H21F2N5O2. The van der Waals surface area contributed by atoms with Crippen molar-refractivity contribution in [2.24, 2.45) is 0 Å². The van der Waals surface area contributed by atoms with Crippen molar-refractivity contribution in [3.8, 4) is 0 Å². The van der Waals surface area contributed by atoms with Gasteiger partial charge in [0.15, 0.2) is 0 Å². The van der Waals surface area contributed by atoms with E-state index >= 15 is 0 Å². The van der Waals surface area contributed by atoms with Crippen molar-refractivity contribution in [2.45, 2.75) is 26.4 Å². The molecule has 9 heteroatoms. The highest BCUT2D eigenvalue weighted by Crippen LogP contribution is 2.26. The van der Waals surface area contributed by atoms with Gasteiger partial charge >= 0.3 is 0 Å². The van der Waals surface area contributed by atoms with Crippen LogP contribution < -0.4 is 10.6 Å². The topological polar surface area (TPSA) is 88.9 Å². The number of nitrogens with zero attached hydrogens (tertiary/aromatic N) is 3. The van der Waals surface area contributed by atoms with E-state index in [9.17, 15) is 18.4 Å². The van der Waals surface area contributed by atoms with E-state index in [1.807, 2.05) is 22.8 Å². The van der Waals surface area contributed by atoms with Crippen molar-refractivity contribution in [3.05, 3.63) is 89.5 Å². The first-order valence-electron chi connectivity index (χ1n) is 10.3. The highest BCUT2D eigenvalue weighted by Gasteiger charge is 2.17. The number of fused-ring (bicyclic) bond motifs is 1. The molecular weight excluding hydrogens is 428 g/mol. The first-order chi connectivity index (χ1) is 15.9. The van der Waals surface area contributed by atoms with Crippen molar-refractivity contribution in [2.75, 3.05) is 5.32 Å². The van der Waals surface area contributed by atoms with Crippen LogP contribution in [0.3, 0.4) is 0 Å². The van der Waals surface area contributed by atoms with Crippen LogP contribution in [-0.4, -0.2) is 26.3 Å². The average Bonchev–Trinajstić information content (AvgIpc) is 3.21. The van der Waals surface area contributed by atoms with Gasteiger partial charge in [-0.05, 0) is 36.4 Å². The van der Waals surface area contributed by atoms with E-state index in [0.717, 1.165) is 17.8 Å². The lowest BCUT2D eigenvalue weighted by molar-refractivity contribution is -0.114. The fourth-order valence-electron chi connectivity index (χ4n) is 3.55. The van der Waals surface area contributed by atoms with Crippen LogP contribution in [0.4, 0.5) is 14.5 Å². The van der Waals surface area contributed by atoms with Gasteiger partial charge in [-0.25, -0.2) is 13.8 Å². The first-order valence-corrected chi connectivity index (χ1v) is 10.3. The molecule has 0 radical (unpaired) electrons. The molecule has 0 unspecified atom stereocenters. The molecule has 2 heterocycles. The number of carbonyl (C=O) groups excluding carboxylic acids is 2. The smallest absolute Gasteiger partial charge is 0.251 e. The summed E-state index contributed by atoms with van der Waals surface area (Å²) in [5, 5.41) is 5.27. The lowest BCUT2D eigenvalue weighted by Gasteiger charge is -2.12. The van der Waals surface area contributed by atoms with Crippen LogP contribution in [0, 0.1) is 11.6 Å². The number of benzene rings is 2. The molecule has 0 spiro atoms. The number of hydrogen-bond acceptors (Lipinski definition) is 4. The number of rotatable bonds is 7. The Labute approximate surface area is 188 Å². The molecule has 0 aliphatic carbocycles. The number of pyridine rings is 1. The second kappa shape index (κ2) is 9.56. The van der Waals surface area contributed by atoms with Gasteiger partial charge in [-0.3, -0.25) is 14.6 Å². The van der Waals surface area contributed by atoms with E-state index < -0.39 is 17.5 Å². The molecule has 0 aliphatic rings. The van der Waals surface area contributed by atoms with E-state index in [-0.39, 0.29) is 23.6 Å². The van der Waals surface area contributed by atoms with Gasteiger partial charge in [0.05, 0.1) is 23.0 Å². The molecule has 4 rings (SSSR count). The second-order valence-electron chi connectivity index (χ2n) is 7.46. The molecule has 0 bridgehead atoms. The minimum Gasteiger partial charge on any atom is -0.348 e. The number of amides is 2. The fourth-order valence-corrected chi connectivity index (χ4v) is 3.55. The third-order valence-electron chi connectivity index (χ3n) is 5.11. The van der Waals surface area contributed by atoms with Crippen LogP contribution in [0.2, 0.25) is 0 Å². The third kappa shape index (κ3) is 5.03. The van der Waals surface area contributed by atoms with Crippen LogP contribution in [0.5, 0.6) is 0 Å². The van der Waals surface area contributed by atoms with Crippen molar-refractivity contribution >= 4 is 28.5 Å². The van der Waals surface area contributed by atoms with Crippen LogP contribution >= 0.6 is 0 Å². The maximum atomic E-state index is 13.9. The zero-order chi connectivity index (χ0) is 23.4. The molecule has 4 aromatic rings. The summed E-state index contributed by atoms with van der Waals surface area (Å²) in [7, 11) is 0. The SMILES string of the molecule is CC(=O)Nc1cc(C(=O)NCc2c(F)cccc2F)cc2ncn(CCc3ccccn3)c12. The van der Waals surface area contributed by atoms with Crippen LogP contribution in [0.25, 0.3) is 11.0 Å². The Balaban J connectivity index is 1.60. The molecule has 33 heavy (non-hydrogen) atoms. The number of halogens is 2. The van der Waals surface area contributed by atoms with E-state index in [2.05, 4.69) is 20.6 Å². The minimum atomic E-state index is -0.740. The Morgan fingerprint density at radius 3 is 2.52 bits per heavy atom. The van der Waals surface area contributed by atoms with E-state index in [0.29, 0.717) is 29.7 Å². The number of nitrogens with one attached hydrogen (secondary N) is 2. The number of hydrogen-bond donors (Lipinski definition) is 2. The summed E-state index contributed by atoms with van der Waals surface area (Å²) in [6.07, 6.45) is 4.01. The third-order valence-corrected chi connectivity index (χ3v) is 5.11. The molecule has 0 saturated carbocycles. The summed E-state index contributed by atoms with van der Waals surface area (Å²) < 4.78 is 29.6. The molecule has 0 fully saturated rings. The number of aryl methyl sites for hydroxylation is 2. The summed E-state index contributed by atoms with van der Waals surface area (Å²) in [5.74, 6) is -2.33. The van der Waals surface area contributed by atoms with E-state index in [1.165, 1.54) is 19.1 Å². The summed E-state index contributed by atoms with van der Waals surface area (Å²) >= 11 is 0. The lowest BCUT2D eigenvalue weighted by atomic mass is 10.1. The molecule has 7 nitrogen and oxygen atoms in total. The molecule has 0 saturated heterocycles. The van der Waals surface area contributed by atoms with Gasteiger partial charge in [0.2, 0.25) is 5.91 Å². The Kier molecular flexibility index (Phi) is 6.39. The maximum absolute atomic E-state index is 13.9. The second-order valence-corrected chi connectivity index (χ2v) is 7.46. The first kappa shape index (κ1) is 22.1. The van der Waals surface area contributed by atoms with Gasteiger partial charge in [-0.15, -0.1) is 0 Å². The van der Waals surface area contributed by atoms with E-state index in [4.69, 9.17) is 0 Å². The number of carbonyl (C=O) groups is 2. The molecule has 2 amide bonds. The predicted octanol–water partition coefficient (Wildman–Crippen LogP) is 3.84. The number of anilines is 1. The molecule has 2 N–H and O–H groups in total. The highest BCUT2D eigenvalue weighted by atomic mass is 19.1. The highest BCUT2D eigenvalue weighted by molar-refractivity contribution is 6.05. The Hall–Kier alpha value is -4.14. The van der Waals surface area contributed by atoms with Crippen LogP contribution in [0.15, 0.2) is 61.1 Å². The number of aromatic nitrogens is 3. The van der Waals surface area contributed by atoms with Gasteiger partial charge < -0.3 is 15.2 Å².